The van der Waals surface area contributed by atoms with Gasteiger partial charge in [0.25, 0.3) is 0 Å². The van der Waals surface area contributed by atoms with Gasteiger partial charge in [-0.1, -0.05) is 33.6 Å². The molecule has 2 nitrogen and oxygen atoms in total. The Balaban J connectivity index is 2.71. The van der Waals surface area contributed by atoms with Gasteiger partial charge in [0.1, 0.15) is 0 Å². The van der Waals surface area contributed by atoms with Crippen LogP contribution in [0.25, 0.3) is 0 Å². The normalized spacial score (nSPS) is 28.3. The minimum Gasteiger partial charge on any atom is -0.316 e. The molecule has 1 N–H and O–H groups in total. The standard InChI is InChI=1S/C17H36N2/c1-6-11-19(15(3)4)14-17(13-18-7-2)10-8-9-16(5)12-17/h15-16,18H,6-14H2,1-5H3. The lowest BCUT2D eigenvalue weighted by Crippen LogP contribution is -2.48. The average molecular weight is 268 g/mol. The topological polar surface area (TPSA) is 15.3 Å². The molecule has 1 saturated carbocycles. The van der Waals surface area contributed by atoms with Gasteiger partial charge in [-0.05, 0) is 57.5 Å². The van der Waals surface area contributed by atoms with Crippen molar-refractivity contribution < 1.29 is 0 Å². The van der Waals surface area contributed by atoms with Crippen LogP contribution in [0.3, 0.4) is 0 Å². The fraction of sp³-hybridized carbons (Fsp3) is 1.00. The van der Waals surface area contributed by atoms with Gasteiger partial charge in [0.05, 0.1) is 0 Å². The smallest absolute Gasteiger partial charge is 0.00529 e. The van der Waals surface area contributed by atoms with E-state index in [4.69, 9.17) is 0 Å². The highest BCUT2D eigenvalue weighted by Gasteiger charge is 2.36. The summed E-state index contributed by atoms with van der Waals surface area (Å²) in [6.45, 7) is 16.5. The van der Waals surface area contributed by atoms with Crippen LogP contribution >= 0.6 is 0 Å². The molecule has 0 amide bonds. The summed E-state index contributed by atoms with van der Waals surface area (Å²) in [6, 6.07) is 0.677. The van der Waals surface area contributed by atoms with Crippen molar-refractivity contribution in [2.75, 3.05) is 26.2 Å². The number of hydrogen-bond acceptors (Lipinski definition) is 2. The lowest BCUT2D eigenvalue weighted by Gasteiger charge is -2.44. The first kappa shape index (κ1) is 17.0. The zero-order chi connectivity index (χ0) is 14.3. The fourth-order valence-corrected chi connectivity index (χ4v) is 3.76. The predicted octanol–water partition coefficient (Wildman–Crippen LogP) is 3.91. The van der Waals surface area contributed by atoms with Crippen LogP contribution < -0.4 is 5.32 Å². The molecule has 1 fully saturated rings. The molecule has 1 rings (SSSR count). The van der Waals surface area contributed by atoms with Crippen LogP contribution in [0, 0.1) is 11.3 Å². The van der Waals surface area contributed by atoms with E-state index in [1.807, 2.05) is 0 Å². The van der Waals surface area contributed by atoms with E-state index in [0.29, 0.717) is 11.5 Å². The number of rotatable bonds is 8. The second-order valence-electron chi connectivity index (χ2n) is 7.05. The summed E-state index contributed by atoms with van der Waals surface area (Å²) >= 11 is 0. The van der Waals surface area contributed by atoms with E-state index in [1.54, 1.807) is 0 Å². The monoisotopic (exact) mass is 268 g/mol. The molecule has 0 aliphatic heterocycles. The Morgan fingerprint density at radius 3 is 2.58 bits per heavy atom. The van der Waals surface area contributed by atoms with Gasteiger partial charge in [-0.3, -0.25) is 0 Å². The van der Waals surface area contributed by atoms with Crippen molar-refractivity contribution in [2.24, 2.45) is 11.3 Å². The van der Waals surface area contributed by atoms with Gasteiger partial charge in [-0.15, -0.1) is 0 Å². The molecule has 2 atom stereocenters. The average Bonchev–Trinajstić information content (AvgIpc) is 2.36. The molecule has 0 aromatic carbocycles. The summed E-state index contributed by atoms with van der Waals surface area (Å²) in [7, 11) is 0. The summed E-state index contributed by atoms with van der Waals surface area (Å²) in [6.07, 6.45) is 6.95. The molecule has 19 heavy (non-hydrogen) atoms. The maximum absolute atomic E-state index is 3.64. The second kappa shape index (κ2) is 8.26. The Labute approximate surface area is 121 Å². The number of nitrogens with one attached hydrogen (secondary N) is 1. The highest BCUT2D eigenvalue weighted by atomic mass is 15.2. The Morgan fingerprint density at radius 1 is 1.32 bits per heavy atom. The van der Waals surface area contributed by atoms with E-state index < -0.39 is 0 Å². The molecule has 0 heterocycles. The van der Waals surface area contributed by atoms with Crippen molar-refractivity contribution in [1.29, 1.82) is 0 Å². The molecule has 0 bridgehead atoms. The first-order valence-corrected chi connectivity index (χ1v) is 8.47. The molecule has 2 heteroatoms. The molecule has 0 radical (unpaired) electrons. The van der Waals surface area contributed by atoms with Gasteiger partial charge in [0.15, 0.2) is 0 Å². The van der Waals surface area contributed by atoms with E-state index in [0.717, 1.165) is 12.5 Å². The van der Waals surface area contributed by atoms with E-state index in [-0.39, 0.29) is 0 Å². The third-order valence-corrected chi connectivity index (χ3v) is 4.72. The summed E-state index contributed by atoms with van der Waals surface area (Å²) in [5.41, 5.74) is 0.521. The molecule has 114 valence electrons. The first-order valence-electron chi connectivity index (χ1n) is 8.47. The van der Waals surface area contributed by atoms with Crippen LogP contribution in [0.2, 0.25) is 0 Å². The van der Waals surface area contributed by atoms with Gasteiger partial charge in [-0.25, -0.2) is 0 Å². The minimum absolute atomic E-state index is 0.521. The van der Waals surface area contributed by atoms with Crippen LogP contribution in [0.5, 0.6) is 0 Å². The molecule has 2 unspecified atom stereocenters. The van der Waals surface area contributed by atoms with Crippen LogP contribution in [-0.4, -0.2) is 37.1 Å². The quantitative estimate of drug-likeness (QED) is 0.718. The Kier molecular flexibility index (Phi) is 7.38. The Morgan fingerprint density at radius 2 is 2.05 bits per heavy atom. The molecule has 0 aromatic heterocycles. The third-order valence-electron chi connectivity index (χ3n) is 4.72. The van der Waals surface area contributed by atoms with Crippen LogP contribution in [0.15, 0.2) is 0 Å². The van der Waals surface area contributed by atoms with Crippen molar-refractivity contribution in [3.05, 3.63) is 0 Å². The van der Waals surface area contributed by atoms with Crippen molar-refractivity contribution in [2.45, 2.75) is 72.8 Å². The highest BCUT2D eigenvalue weighted by Crippen LogP contribution is 2.40. The van der Waals surface area contributed by atoms with Crippen molar-refractivity contribution >= 4 is 0 Å². The lowest BCUT2D eigenvalue weighted by molar-refractivity contribution is 0.0653. The predicted molar refractivity (Wildman–Crippen MR) is 85.6 cm³/mol. The summed E-state index contributed by atoms with van der Waals surface area (Å²) in [5.74, 6) is 0.906. The Hall–Kier alpha value is -0.0800. The largest absolute Gasteiger partial charge is 0.316 e. The minimum atomic E-state index is 0.521. The van der Waals surface area contributed by atoms with E-state index in [2.05, 4.69) is 44.8 Å². The highest BCUT2D eigenvalue weighted by molar-refractivity contribution is 4.90. The van der Waals surface area contributed by atoms with Gasteiger partial charge >= 0.3 is 0 Å². The van der Waals surface area contributed by atoms with Crippen molar-refractivity contribution in [1.82, 2.24) is 10.2 Å². The number of nitrogens with zero attached hydrogens (tertiary/aromatic N) is 1. The first-order chi connectivity index (χ1) is 9.03. The molecule has 0 spiro atoms. The molecular formula is C17H36N2. The van der Waals surface area contributed by atoms with Crippen LogP contribution in [0.1, 0.15) is 66.7 Å². The van der Waals surface area contributed by atoms with Gasteiger partial charge in [0, 0.05) is 19.1 Å². The molecule has 0 aromatic rings. The zero-order valence-corrected chi connectivity index (χ0v) is 14.0. The van der Waals surface area contributed by atoms with E-state index in [9.17, 15) is 0 Å². The summed E-state index contributed by atoms with van der Waals surface area (Å²) in [4.78, 5) is 2.70. The second-order valence-corrected chi connectivity index (χ2v) is 7.05. The zero-order valence-electron chi connectivity index (χ0n) is 14.0. The summed E-state index contributed by atoms with van der Waals surface area (Å²) in [5, 5.41) is 3.64. The third kappa shape index (κ3) is 5.43. The molecular weight excluding hydrogens is 232 g/mol. The fourth-order valence-electron chi connectivity index (χ4n) is 3.76. The lowest BCUT2D eigenvalue weighted by atomic mass is 9.69. The van der Waals surface area contributed by atoms with Crippen molar-refractivity contribution in [3.8, 4) is 0 Å². The molecule has 0 saturated heterocycles. The molecule has 1 aliphatic rings. The molecule has 1 aliphatic carbocycles. The Bertz CT molecular complexity index is 239. The number of hydrogen-bond donors (Lipinski definition) is 1. The van der Waals surface area contributed by atoms with Crippen LogP contribution in [-0.2, 0) is 0 Å². The van der Waals surface area contributed by atoms with Crippen LogP contribution in [0.4, 0.5) is 0 Å². The SMILES string of the molecule is CCCN(CC1(CNCC)CCCC(C)C1)C(C)C. The summed E-state index contributed by atoms with van der Waals surface area (Å²) < 4.78 is 0. The van der Waals surface area contributed by atoms with E-state index >= 15 is 0 Å². The van der Waals surface area contributed by atoms with Gasteiger partial charge in [-0.2, -0.15) is 0 Å². The van der Waals surface area contributed by atoms with Gasteiger partial charge < -0.3 is 10.2 Å². The maximum Gasteiger partial charge on any atom is 0.00529 e. The van der Waals surface area contributed by atoms with E-state index in [1.165, 1.54) is 51.7 Å². The van der Waals surface area contributed by atoms with Gasteiger partial charge in [0.2, 0.25) is 0 Å². The van der Waals surface area contributed by atoms with Crippen molar-refractivity contribution in [3.63, 3.8) is 0 Å². The maximum atomic E-state index is 3.64.